The number of hydrogen-bond acceptors (Lipinski definition) is 4. The predicted octanol–water partition coefficient (Wildman–Crippen LogP) is 4.87. The first-order valence-corrected chi connectivity index (χ1v) is 12.4. The van der Waals surface area contributed by atoms with Crippen molar-refractivity contribution in [2.75, 3.05) is 7.11 Å². The van der Waals surface area contributed by atoms with E-state index in [1.807, 2.05) is 60.0 Å². The van der Waals surface area contributed by atoms with Crippen molar-refractivity contribution in [2.24, 2.45) is 5.92 Å². The Labute approximate surface area is 206 Å². The Bertz CT molecular complexity index is 1190. The molecule has 0 unspecified atom stereocenters. The highest BCUT2D eigenvalue weighted by atomic mass is 16.5. The van der Waals surface area contributed by atoms with Crippen molar-refractivity contribution in [3.63, 3.8) is 0 Å². The molecule has 35 heavy (non-hydrogen) atoms. The molecule has 1 atom stereocenters. The van der Waals surface area contributed by atoms with Crippen molar-refractivity contribution in [2.45, 2.75) is 64.2 Å². The van der Waals surface area contributed by atoms with Crippen molar-refractivity contribution in [1.29, 1.82) is 0 Å². The van der Waals surface area contributed by atoms with Crippen LogP contribution in [-0.2, 0) is 17.9 Å². The van der Waals surface area contributed by atoms with Crippen LogP contribution in [0.2, 0.25) is 0 Å². The number of benzene rings is 1. The van der Waals surface area contributed by atoms with Crippen LogP contribution in [-0.4, -0.2) is 40.0 Å². The summed E-state index contributed by atoms with van der Waals surface area (Å²) >= 11 is 0. The van der Waals surface area contributed by atoms with E-state index in [4.69, 9.17) is 9.15 Å². The molecule has 1 aliphatic carbocycles. The van der Waals surface area contributed by atoms with Gasteiger partial charge in [-0.1, -0.05) is 19.1 Å². The fourth-order valence-electron chi connectivity index (χ4n) is 5.32. The Kier molecular flexibility index (Phi) is 6.17. The quantitative estimate of drug-likeness (QED) is 0.552. The normalized spacial score (nSPS) is 24.2. The zero-order chi connectivity index (χ0) is 24.6. The van der Waals surface area contributed by atoms with E-state index < -0.39 is 5.54 Å². The van der Waals surface area contributed by atoms with Gasteiger partial charge in [0, 0.05) is 12.6 Å². The highest BCUT2D eigenvalue weighted by Crippen LogP contribution is 2.35. The SMILES string of the molecule is COc1ccc(CN2C(=O)c3ccc(-c4ccco4)n3C[C@]2(C)C(=O)NC2CCC(C)CC2)cc1. The van der Waals surface area contributed by atoms with Crippen LogP contribution in [0.5, 0.6) is 5.75 Å². The van der Waals surface area contributed by atoms with Gasteiger partial charge in [0.1, 0.15) is 22.7 Å². The number of aromatic nitrogens is 1. The van der Waals surface area contributed by atoms with Gasteiger partial charge in [-0.15, -0.1) is 0 Å². The van der Waals surface area contributed by atoms with E-state index in [2.05, 4.69) is 12.2 Å². The standard InChI is InChI=1S/C28H33N3O4/c1-19-6-10-21(11-7-19)29-27(33)28(2)18-30-23(25-5-4-16-35-25)14-15-24(30)26(32)31(28)17-20-8-12-22(34-3)13-9-20/h4-5,8-9,12-16,19,21H,6-7,10-11,17-18H2,1-3H3,(H,29,33)/t19?,21?,28-/m1/s1. The molecule has 0 spiro atoms. The van der Waals surface area contributed by atoms with Gasteiger partial charge in [0.25, 0.3) is 5.91 Å². The predicted molar refractivity (Wildman–Crippen MR) is 133 cm³/mol. The molecule has 1 fully saturated rings. The molecule has 2 aromatic heterocycles. The summed E-state index contributed by atoms with van der Waals surface area (Å²) in [5.41, 5.74) is 1.23. The molecule has 0 bridgehead atoms. The number of amides is 2. The number of hydrogen-bond donors (Lipinski definition) is 1. The van der Waals surface area contributed by atoms with E-state index in [1.165, 1.54) is 0 Å². The summed E-state index contributed by atoms with van der Waals surface area (Å²) < 4.78 is 12.8. The maximum atomic E-state index is 13.9. The summed E-state index contributed by atoms with van der Waals surface area (Å²) in [6, 6.07) is 15.2. The number of carbonyl (C=O) groups is 2. The van der Waals surface area contributed by atoms with Gasteiger partial charge in [0.15, 0.2) is 0 Å². The molecule has 7 nitrogen and oxygen atoms in total. The zero-order valence-electron chi connectivity index (χ0n) is 20.6. The van der Waals surface area contributed by atoms with Gasteiger partial charge >= 0.3 is 0 Å². The molecule has 1 saturated carbocycles. The Balaban J connectivity index is 1.49. The second-order valence-corrected chi connectivity index (χ2v) is 10.1. The number of methoxy groups -OCH3 is 1. The second-order valence-electron chi connectivity index (χ2n) is 10.1. The minimum Gasteiger partial charge on any atom is -0.497 e. The molecule has 0 radical (unpaired) electrons. The lowest BCUT2D eigenvalue weighted by Gasteiger charge is -2.45. The Morgan fingerprint density at radius 3 is 2.46 bits per heavy atom. The summed E-state index contributed by atoms with van der Waals surface area (Å²) in [6.45, 7) is 4.82. The number of rotatable bonds is 6. The Hall–Kier alpha value is -3.48. The average molecular weight is 476 g/mol. The number of furan rings is 1. The molecule has 7 heteroatoms. The summed E-state index contributed by atoms with van der Waals surface area (Å²) in [6.07, 6.45) is 5.79. The molecular weight excluding hydrogens is 442 g/mol. The fraction of sp³-hybridized carbons (Fsp3) is 0.429. The van der Waals surface area contributed by atoms with Crippen molar-refractivity contribution in [1.82, 2.24) is 14.8 Å². The van der Waals surface area contributed by atoms with E-state index in [0.717, 1.165) is 42.7 Å². The third-order valence-electron chi connectivity index (χ3n) is 7.62. The van der Waals surface area contributed by atoms with Crippen molar-refractivity contribution >= 4 is 11.8 Å². The zero-order valence-corrected chi connectivity index (χ0v) is 20.6. The monoisotopic (exact) mass is 475 g/mol. The average Bonchev–Trinajstić information content (AvgIpc) is 3.53. The van der Waals surface area contributed by atoms with E-state index in [1.54, 1.807) is 18.3 Å². The number of nitrogens with one attached hydrogen (secondary N) is 1. The first-order valence-electron chi connectivity index (χ1n) is 12.4. The van der Waals surface area contributed by atoms with E-state index >= 15 is 0 Å². The third kappa shape index (κ3) is 4.35. The molecule has 184 valence electrons. The maximum absolute atomic E-state index is 13.9. The molecule has 1 aromatic carbocycles. The maximum Gasteiger partial charge on any atom is 0.271 e. The minimum absolute atomic E-state index is 0.108. The smallest absolute Gasteiger partial charge is 0.271 e. The van der Waals surface area contributed by atoms with Crippen molar-refractivity contribution in [3.05, 3.63) is 66.1 Å². The topological polar surface area (TPSA) is 76.7 Å². The van der Waals surface area contributed by atoms with Gasteiger partial charge in [-0.3, -0.25) is 9.59 Å². The van der Waals surface area contributed by atoms with Gasteiger partial charge < -0.3 is 23.9 Å². The van der Waals surface area contributed by atoms with Crippen LogP contribution in [0.3, 0.4) is 0 Å². The van der Waals surface area contributed by atoms with Crippen LogP contribution >= 0.6 is 0 Å². The fourth-order valence-corrected chi connectivity index (χ4v) is 5.32. The van der Waals surface area contributed by atoms with Crippen LogP contribution in [0.25, 0.3) is 11.5 Å². The van der Waals surface area contributed by atoms with E-state index in [-0.39, 0.29) is 17.9 Å². The molecule has 1 aliphatic heterocycles. The molecule has 2 aliphatic rings. The van der Waals surface area contributed by atoms with Gasteiger partial charge in [-0.25, -0.2) is 0 Å². The highest BCUT2D eigenvalue weighted by molar-refractivity contribution is 6.00. The van der Waals surface area contributed by atoms with Crippen LogP contribution < -0.4 is 10.1 Å². The summed E-state index contributed by atoms with van der Waals surface area (Å²) in [7, 11) is 1.63. The first kappa shape index (κ1) is 23.3. The summed E-state index contributed by atoms with van der Waals surface area (Å²) in [5, 5.41) is 3.29. The number of ether oxygens (including phenoxy) is 1. The van der Waals surface area contributed by atoms with Crippen LogP contribution in [0.1, 0.15) is 55.6 Å². The van der Waals surface area contributed by atoms with E-state index in [9.17, 15) is 9.59 Å². The molecule has 1 N–H and O–H groups in total. The lowest BCUT2D eigenvalue weighted by atomic mass is 9.86. The van der Waals surface area contributed by atoms with Crippen LogP contribution in [0.4, 0.5) is 0 Å². The Morgan fingerprint density at radius 1 is 1.09 bits per heavy atom. The summed E-state index contributed by atoms with van der Waals surface area (Å²) in [4.78, 5) is 29.5. The number of nitrogens with zero attached hydrogens (tertiary/aromatic N) is 2. The lowest BCUT2D eigenvalue weighted by Crippen LogP contribution is -2.64. The van der Waals surface area contributed by atoms with Crippen LogP contribution in [0.15, 0.2) is 59.2 Å². The molecular formula is C28H33N3O4. The highest BCUT2D eigenvalue weighted by Gasteiger charge is 2.48. The van der Waals surface area contributed by atoms with Gasteiger partial charge in [-0.05, 0) is 80.5 Å². The van der Waals surface area contributed by atoms with Gasteiger partial charge in [-0.2, -0.15) is 0 Å². The van der Waals surface area contributed by atoms with Gasteiger partial charge in [0.2, 0.25) is 5.91 Å². The minimum atomic E-state index is -1.06. The van der Waals surface area contributed by atoms with Crippen molar-refractivity contribution < 1.29 is 18.7 Å². The largest absolute Gasteiger partial charge is 0.497 e. The van der Waals surface area contributed by atoms with Crippen LogP contribution in [0, 0.1) is 5.92 Å². The second kappa shape index (κ2) is 9.29. The molecule has 5 rings (SSSR count). The molecule has 3 aromatic rings. The number of fused-ring (bicyclic) bond motifs is 1. The first-order chi connectivity index (χ1) is 16.9. The molecule has 3 heterocycles. The molecule has 2 amide bonds. The molecule has 0 saturated heterocycles. The Morgan fingerprint density at radius 2 is 1.80 bits per heavy atom. The third-order valence-corrected chi connectivity index (χ3v) is 7.62. The number of carbonyl (C=O) groups excluding carboxylic acids is 2. The van der Waals surface area contributed by atoms with Gasteiger partial charge in [0.05, 0.1) is 25.6 Å². The summed E-state index contributed by atoms with van der Waals surface area (Å²) in [5.74, 6) is 1.85. The van der Waals surface area contributed by atoms with Crippen molar-refractivity contribution in [3.8, 4) is 17.2 Å². The van der Waals surface area contributed by atoms with E-state index in [0.29, 0.717) is 30.5 Å². The lowest BCUT2D eigenvalue weighted by molar-refractivity contribution is -0.134.